The number of benzene rings is 3. The van der Waals surface area contributed by atoms with E-state index in [4.69, 9.17) is 10.5 Å². The first-order valence-electron chi connectivity index (χ1n) is 22.2. The normalized spacial score (nSPS) is 23.6. The van der Waals surface area contributed by atoms with E-state index in [9.17, 15) is 19.5 Å². The summed E-state index contributed by atoms with van der Waals surface area (Å²) in [5, 5.41) is 21.5. The van der Waals surface area contributed by atoms with E-state index < -0.39 is 0 Å². The van der Waals surface area contributed by atoms with E-state index in [1.807, 2.05) is 29.2 Å². The zero-order valence-electron chi connectivity index (χ0n) is 34.6. The van der Waals surface area contributed by atoms with Crippen molar-refractivity contribution in [1.29, 1.82) is 0 Å². The molecule has 3 amide bonds. The first-order chi connectivity index (χ1) is 29.8. The summed E-state index contributed by atoms with van der Waals surface area (Å²) in [6.45, 7) is 6.04. The maximum Gasteiger partial charge on any atom is 0.249 e. The summed E-state index contributed by atoms with van der Waals surface area (Å²) in [5.74, 6) is 1.70. The SMILES string of the molecule is Nc1nnc(-c2ccccc2O)cc1N1C[C@H]2CC[C@@H](C1)N2c1cccc(OC2CCN(C(=O)CN3CCC(c4cccc5c4CCN5[C@@H]4CCC(=O)NC4=O)CC3)CC2)c1. The predicted octanol–water partition coefficient (Wildman–Crippen LogP) is 4.71. The molecule has 2 bridgehead atoms. The van der Waals surface area contributed by atoms with E-state index in [2.05, 4.69) is 71.5 Å². The summed E-state index contributed by atoms with van der Waals surface area (Å²) in [6.07, 6.45) is 7.72. The summed E-state index contributed by atoms with van der Waals surface area (Å²) < 4.78 is 6.59. The zero-order chi connectivity index (χ0) is 41.6. The van der Waals surface area contributed by atoms with Gasteiger partial charge in [-0.1, -0.05) is 30.3 Å². The van der Waals surface area contributed by atoms with E-state index in [-0.39, 0.29) is 35.6 Å². The summed E-state index contributed by atoms with van der Waals surface area (Å²) in [5.41, 5.74) is 13.5. The number of piperidine rings is 3. The molecule has 6 aliphatic heterocycles. The second kappa shape index (κ2) is 16.5. The average Bonchev–Trinajstić information content (AvgIpc) is 3.82. The smallest absolute Gasteiger partial charge is 0.249 e. The maximum absolute atomic E-state index is 13.5. The molecule has 0 unspecified atom stereocenters. The lowest BCUT2D eigenvalue weighted by Crippen LogP contribution is -2.54. The van der Waals surface area contributed by atoms with Crippen molar-refractivity contribution in [2.24, 2.45) is 0 Å². The first-order valence-corrected chi connectivity index (χ1v) is 22.2. The van der Waals surface area contributed by atoms with Crippen LogP contribution in [0.25, 0.3) is 11.3 Å². The topological polar surface area (TPSA) is 161 Å². The molecule has 14 heteroatoms. The van der Waals surface area contributed by atoms with Crippen LogP contribution in [-0.2, 0) is 20.8 Å². The van der Waals surface area contributed by atoms with Crippen molar-refractivity contribution in [2.75, 3.05) is 72.8 Å². The number of nitrogens with one attached hydrogen (secondary N) is 1. The molecule has 4 N–H and O–H groups in total. The molecule has 3 aromatic carbocycles. The van der Waals surface area contributed by atoms with Gasteiger partial charge in [0.05, 0.1) is 17.9 Å². The number of fused-ring (bicyclic) bond motifs is 3. The number of carbonyl (C=O) groups excluding carboxylic acids is 3. The highest BCUT2D eigenvalue weighted by molar-refractivity contribution is 6.02. The standard InChI is InChI=1S/C47H55N9O5/c48-46-42(26-39(50-51-46)38-7-1-2-10-43(38)57)54-27-32-11-12-33(28-54)56(32)31-5-3-6-35(25-31)61-34-17-22-53(23-18-34)45(59)29-52-20-15-30(16-21-52)36-8-4-9-40-37(36)19-24-55(40)41-13-14-44(58)49-47(41)60/h1-10,25-26,30,32-34,41,57H,11-24,27-29H2,(H2,48,51)(H,49,58,60)/t32-,33+,41-/m1/s1. The minimum absolute atomic E-state index is 0.0579. The van der Waals surface area contributed by atoms with Gasteiger partial charge in [0.25, 0.3) is 0 Å². The van der Waals surface area contributed by atoms with Crippen molar-refractivity contribution in [3.05, 3.63) is 83.9 Å². The highest BCUT2D eigenvalue weighted by Gasteiger charge is 2.41. The molecule has 4 aromatic rings. The highest BCUT2D eigenvalue weighted by Crippen LogP contribution is 2.42. The van der Waals surface area contributed by atoms with Gasteiger partial charge in [-0.05, 0) is 105 Å². The molecule has 0 saturated carbocycles. The Balaban J connectivity index is 0.699. The van der Waals surface area contributed by atoms with E-state index in [0.717, 1.165) is 94.8 Å². The van der Waals surface area contributed by atoms with Gasteiger partial charge in [0.15, 0.2) is 5.82 Å². The van der Waals surface area contributed by atoms with Crippen LogP contribution in [0.2, 0.25) is 0 Å². The molecule has 61 heavy (non-hydrogen) atoms. The Kier molecular flexibility index (Phi) is 10.6. The minimum Gasteiger partial charge on any atom is -0.507 e. The number of aromatic hydroxyl groups is 1. The van der Waals surface area contributed by atoms with Crippen molar-refractivity contribution in [1.82, 2.24) is 25.3 Å². The number of phenols is 1. The third-order valence-electron chi connectivity index (χ3n) is 14.1. The van der Waals surface area contributed by atoms with Crippen LogP contribution in [0.1, 0.15) is 68.4 Å². The van der Waals surface area contributed by atoms with Crippen LogP contribution in [0, 0.1) is 0 Å². The largest absolute Gasteiger partial charge is 0.507 e. The van der Waals surface area contributed by atoms with Crippen LogP contribution in [0.5, 0.6) is 11.5 Å². The third kappa shape index (κ3) is 7.82. The number of nitrogens with two attached hydrogens (primary N) is 1. The molecule has 3 atom stereocenters. The molecule has 5 saturated heterocycles. The van der Waals surface area contributed by atoms with Crippen LogP contribution < -0.4 is 30.5 Å². The number of amides is 3. The molecule has 1 aromatic heterocycles. The van der Waals surface area contributed by atoms with Gasteiger partial charge < -0.3 is 35.2 Å². The van der Waals surface area contributed by atoms with Crippen LogP contribution in [0.4, 0.5) is 22.9 Å². The third-order valence-corrected chi connectivity index (χ3v) is 14.1. The lowest BCUT2D eigenvalue weighted by molar-refractivity contribution is -0.135. The molecule has 0 aliphatic carbocycles. The monoisotopic (exact) mass is 825 g/mol. The minimum atomic E-state index is -0.286. The predicted molar refractivity (Wildman–Crippen MR) is 234 cm³/mol. The Morgan fingerprint density at radius 3 is 2.34 bits per heavy atom. The summed E-state index contributed by atoms with van der Waals surface area (Å²) in [7, 11) is 0. The lowest BCUT2D eigenvalue weighted by Gasteiger charge is -2.43. The molecule has 0 spiro atoms. The number of hydrogen-bond donors (Lipinski definition) is 3. The number of nitrogens with zero attached hydrogens (tertiary/aromatic N) is 7. The molecule has 14 nitrogen and oxygen atoms in total. The highest BCUT2D eigenvalue weighted by atomic mass is 16.5. The van der Waals surface area contributed by atoms with Gasteiger partial charge in [0.1, 0.15) is 23.6 Å². The van der Waals surface area contributed by atoms with Crippen LogP contribution in [0.3, 0.4) is 0 Å². The van der Waals surface area contributed by atoms with Crippen molar-refractivity contribution in [2.45, 2.75) is 87.9 Å². The number of para-hydroxylation sites is 1. The Morgan fingerprint density at radius 1 is 0.803 bits per heavy atom. The Hall–Kier alpha value is -5.89. The van der Waals surface area contributed by atoms with E-state index in [1.54, 1.807) is 12.1 Å². The molecule has 7 heterocycles. The lowest BCUT2D eigenvalue weighted by atomic mass is 9.85. The van der Waals surface area contributed by atoms with Gasteiger partial charge in [0.2, 0.25) is 17.7 Å². The number of likely N-dealkylation sites (tertiary alicyclic amines) is 2. The van der Waals surface area contributed by atoms with E-state index in [0.29, 0.717) is 67.6 Å². The fourth-order valence-electron chi connectivity index (χ4n) is 11.0. The Labute approximate surface area is 356 Å². The van der Waals surface area contributed by atoms with Gasteiger partial charge in [-0.3, -0.25) is 24.6 Å². The second-order valence-corrected chi connectivity index (χ2v) is 17.7. The quantitative estimate of drug-likeness (QED) is 0.200. The molecular formula is C47H55N9O5. The van der Waals surface area contributed by atoms with Gasteiger partial charge in [-0.15, -0.1) is 10.2 Å². The van der Waals surface area contributed by atoms with Crippen LogP contribution >= 0.6 is 0 Å². The van der Waals surface area contributed by atoms with E-state index in [1.165, 1.54) is 16.8 Å². The first kappa shape index (κ1) is 39.3. The average molecular weight is 826 g/mol. The maximum atomic E-state index is 13.5. The number of phenolic OH excluding ortho intramolecular Hbond substituents is 1. The summed E-state index contributed by atoms with van der Waals surface area (Å²) in [4.78, 5) is 49.3. The number of anilines is 4. The number of imide groups is 1. The van der Waals surface area contributed by atoms with Crippen molar-refractivity contribution in [3.63, 3.8) is 0 Å². The zero-order valence-corrected chi connectivity index (χ0v) is 34.6. The molecule has 5 fully saturated rings. The van der Waals surface area contributed by atoms with Crippen LogP contribution in [0.15, 0.2) is 72.8 Å². The number of ether oxygens (including phenoxy) is 1. The summed E-state index contributed by atoms with van der Waals surface area (Å²) in [6, 6.07) is 24.4. The van der Waals surface area contributed by atoms with Gasteiger partial charge in [0, 0.05) is 87.1 Å². The summed E-state index contributed by atoms with van der Waals surface area (Å²) >= 11 is 0. The van der Waals surface area contributed by atoms with E-state index >= 15 is 0 Å². The van der Waals surface area contributed by atoms with Crippen molar-refractivity contribution >= 4 is 40.6 Å². The van der Waals surface area contributed by atoms with Crippen LogP contribution in [-0.4, -0.2) is 119 Å². The molecule has 10 rings (SSSR count). The number of carbonyl (C=O) groups is 3. The molecular weight excluding hydrogens is 771 g/mol. The molecule has 0 radical (unpaired) electrons. The van der Waals surface area contributed by atoms with Gasteiger partial charge >= 0.3 is 0 Å². The molecule has 6 aliphatic rings. The Bertz CT molecular complexity index is 2290. The van der Waals surface area contributed by atoms with Gasteiger partial charge in [-0.25, -0.2) is 0 Å². The fraction of sp³-hybridized carbons (Fsp3) is 0.468. The van der Waals surface area contributed by atoms with Crippen molar-refractivity contribution < 1.29 is 24.2 Å². The number of rotatable bonds is 9. The Morgan fingerprint density at radius 2 is 1.57 bits per heavy atom. The fourth-order valence-corrected chi connectivity index (χ4v) is 11.0. The van der Waals surface area contributed by atoms with Gasteiger partial charge in [-0.2, -0.15) is 0 Å². The number of piperazine rings is 1. The van der Waals surface area contributed by atoms with Crippen molar-refractivity contribution in [3.8, 4) is 22.8 Å². The number of hydrogen-bond acceptors (Lipinski definition) is 12. The second-order valence-electron chi connectivity index (χ2n) is 17.7. The molecule has 318 valence electrons. The number of aromatic nitrogens is 2. The number of nitrogen functional groups attached to an aromatic ring is 1.